The van der Waals surface area contributed by atoms with Crippen molar-refractivity contribution in [2.75, 3.05) is 7.11 Å². The van der Waals surface area contributed by atoms with E-state index in [4.69, 9.17) is 16.3 Å². The Labute approximate surface area is 108 Å². The number of aliphatic hydroxyl groups is 1. The van der Waals surface area contributed by atoms with Crippen molar-refractivity contribution in [1.29, 1.82) is 0 Å². The van der Waals surface area contributed by atoms with Gasteiger partial charge in [-0.05, 0) is 43.4 Å². The zero-order chi connectivity index (χ0) is 12.5. The van der Waals surface area contributed by atoms with Gasteiger partial charge in [0.2, 0.25) is 0 Å². The summed E-state index contributed by atoms with van der Waals surface area (Å²) in [7, 11) is 1.63. The third-order valence-electron chi connectivity index (χ3n) is 3.64. The summed E-state index contributed by atoms with van der Waals surface area (Å²) in [4.78, 5) is 0. The van der Waals surface area contributed by atoms with Gasteiger partial charge in [-0.3, -0.25) is 0 Å². The van der Waals surface area contributed by atoms with E-state index in [-0.39, 0.29) is 0 Å². The van der Waals surface area contributed by atoms with Gasteiger partial charge in [0.05, 0.1) is 12.7 Å². The monoisotopic (exact) mass is 254 g/mol. The Morgan fingerprint density at radius 3 is 2.88 bits per heavy atom. The molecule has 1 saturated carbocycles. The highest BCUT2D eigenvalue weighted by Gasteiger charge is 2.36. The lowest BCUT2D eigenvalue weighted by atomic mass is 9.75. The standard InChI is InChI=1S/C14H19ClO2/c1-10-4-3-7-14(16,9-10)12-8-11(15)5-6-13(12)17-2/h5-6,8,10,16H,3-4,7,9H2,1-2H3. The van der Waals surface area contributed by atoms with Gasteiger partial charge in [-0.25, -0.2) is 0 Å². The minimum Gasteiger partial charge on any atom is -0.496 e. The van der Waals surface area contributed by atoms with Crippen molar-refractivity contribution >= 4 is 11.6 Å². The summed E-state index contributed by atoms with van der Waals surface area (Å²) in [5.41, 5.74) is 0.0486. The molecule has 94 valence electrons. The SMILES string of the molecule is COc1ccc(Cl)cc1C1(O)CCCC(C)C1. The first-order valence-electron chi connectivity index (χ1n) is 6.11. The molecule has 2 rings (SSSR count). The van der Waals surface area contributed by atoms with Crippen LogP contribution >= 0.6 is 11.6 Å². The van der Waals surface area contributed by atoms with Crippen LogP contribution in [0.1, 0.15) is 38.2 Å². The molecular weight excluding hydrogens is 236 g/mol. The largest absolute Gasteiger partial charge is 0.496 e. The maximum atomic E-state index is 10.8. The van der Waals surface area contributed by atoms with Gasteiger partial charge in [-0.2, -0.15) is 0 Å². The molecule has 0 amide bonds. The lowest BCUT2D eigenvalue weighted by Gasteiger charge is -2.36. The number of ether oxygens (including phenoxy) is 1. The minimum atomic E-state index is -0.784. The van der Waals surface area contributed by atoms with Gasteiger partial charge in [-0.15, -0.1) is 0 Å². The predicted octanol–water partition coefficient (Wildman–Crippen LogP) is 3.75. The molecule has 1 fully saturated rings. The Morgan fingerprint density at radius 2 is 2.24 bits per heavy atom. The van der Waals surface area contributed by atoms with Crippen molar-refractivity contribution < 1.29 is 9.84 Å². The molecule has 0 radical (unpaired) electrons. The highest BCUT2D eigenvalue weighted by Crippen LogP contribution is 2.43. The van der Waals surface area contributed by atoms with Gasteiger partial charge in [0.25, 0.3) is 0 Å². The van der Waals surface area contributed by atoms with E-state index in [1.165, 1.54) is 6.42 Å². The fourth-order valence-electron chi connectivity index (χ4n) is 2.81. The summed E-state index contributed by atoms with van der Waals surface area (Å²) in [6.07, 6.45) is 3.80. The van der Waals surface area contributed by atoms with Crippen molar-refractivity contribution in [2.24, 2.45) is 5.92 Å². The first-order valence-corrected chi connectivity index (χ1v) is 6.49. The van der Waals surface area contributed by atoms with Crippen LogP contribution in [0, 0.1) is 5.92 Å². The Morgan fingerprint density at radius 1 is 1.47 bits per heavy atom. The van der Waals surface area contributed by atoms with Crippen LogP contribution in [0.25, 0.3) is 0 Å². The number of rotatable bonds is 2. The first kappa shape index (κ1) is 12.7. The quantitative estimate of drug-likeness (QED) is 0.871. The van der Waals surface area contributed by atoms with E-state index >= 15 is 0 Å². The van der Waals surface area contributed by atoms with E-state index in [2.05, 4.69) is 6.92 Å². The van der Waals surface area contributed by atoms with E-state index in [0.717, 1.165) is 30.6 Å². The van der Waals surface area contributed by atoms with Crippen molar-refractivity contribution in [3.63, 3.8) is 0 Å². The Balaban J connectivity index is 2.40. The molecule has 1 aliphatic carbocycles. The van der Waals surface area contributed by atoms with Crippen LogP contribution in [0.15, 0.2) is 18.2 Å². The minimum absolute atomic E-state index is 0.539. The average molecular weight is 255 g/mol. The third kappa shape index (κ3) is 2.58. The maximum absolute atomic E-state index is 10.8. The van der Waals surface area contributed by atoms with Crippen molar-refractivity contribution in [3.05, 3.63) is 28.8 Å². The fourth-order valence-corrected chi connectivity index (χ4v) is 2.98. The zero-order valence-corrected chi connectivity index (χ0v) is 11.1. The number of benzene rings is 1. The van der Waals surface area contributed by atoms with Gasteiger partial charge in [0, 0.05) is 10.6 Å². The number of hydrogen-bond donors (Lipinski definition) is 1. The molecule has 0 saturated heterocycles. The Bertz CT molecular complexity index is 405. The molecule has 1 aromatic rings. The number of methoxy groups -OCH3 is 1. The second kappa shape index (κ2) is 4.87. The molecule has 1 aliphatic rings. The summed E-state index contributed by atoms with van der Waals surface area (Å²) < 4.78 is 5.34. The summed E-state index contributed by atoms with van der Waals surface area (Å²) in [6.45, 7) is 2.18. The molecule has 0 bridgehead atoms. The van der Waals surface area contributed by atoms with Gasteiger partial charge in [0.15, 0.2) is 0 Å². The molecule has 0 aliphatic heterocycles. The van der Waals surface area contributed by atoms with Crippen molar-refractivity contribution in [3.8, 4) is 5.75 Å². The first-order chi connectivity index (χ1) is 8.05. The molecule has 1 N–H and O–H groups in total. The summed E-state index contributed by atoms with van der Waals surface area (Å²) in [6, 6.07) is 5.45. The lowest BCUT2D eigenvalue weighted by Crippen LogP contribution is -2.32. The van der Waals surface area contributed by atoms with E-state index in [0.29, 0.717) is 10.9 Å². The second-order valence-electron chi connectivity index (χ2n) is 5.08. The normalized spacial score (nSPS) is 29.1. The molecule has 2 unspecified atom stereocenters. The van der Waals surface area contributed by atoms with E-state index < -0.39 is 5.60 Å². The fraction of sp³-hybridized carbons (Fsp3) is 0.571. The van der Waals surface area contributed by atoms with Gasteiger partial charge < -0.3 is 9.84 Å². The van der Waals surface area contributed by atoms with Crippen LogP contribution < -0.4 is 4.74 Å². The smallest absolute Gasteiger partial charge is 0.125 e. The molecule has 2 atom stereocenters. The molecule has 17 heavy (non-hydrogen) atoms. The summed E-state index contributed by atoms with van der Waals surface area (Å²) in [5, 5.41) is 11.5. The third-order valence-corrected chi connectivity index (χ3v) is 3.87. The van der Waals surface area contributed by atoms with E-state index in [9.17, 15) is 5.11 Å². The molecular formula is C14H19ClO2. The topological polar surface area (TPSA) is 29.5 Å². The highest BCUT2D eigenvalue weighted by molar-refractivity contribution is 6.30. The number of hydrogen-bond acceptors (Lipinski definition) is 2. The van der Waals surface area contributed by atoms with Crippen molar-refractivity contribution in [2.45, 2.75) is 38.2 Å². The van der Waals surface area contributed by atoms with Crippen LogP contribution in [0.4, 0.5) is 0 Å². The van der Waals surface area contributed by atoms with E-state index in [1.807, 2.05) is 12.1 Å². The van der Waals surface area contributed by atoms with Crippen LogP contribution in [-0.4, -0.2) is 12.2 Å². The van der Waals surface area contributed by atoms with Crippen LogP contribution in [0.3, 0.4) is 0 Å². The average Bonchev–Trinajstić information content (AvgIpc) is 2.28. The van der Waals surface area contributed by atoms with E-state index in [1.54, 1.807) is 13.2 Å². The Kier molecular flexibility index (Phi) is 3.64. The molecule has 0 heterocycles. The highest BCUT2D eigenvalue weighted by atomic mass is 35.5. The van der Waals surface area contributed by atoms with Gasteiger partial charge in [-0.1, -0.05) is 24.9 Å². The van der Waals surface area contributed by atoms with Gasteiger partial charge in [0.1, 0.15) is 5.75 Å². The van der Waals surface area contributed by atoms with Gasteiger partial charge >= 0.3 is 0 Å². The zero-order valence-electron chi connectivity index (χ0n) is 10.4. The van der Waals surface area contributed by atoms with Crippen LogP contribution in [-0.2, 0) is 5.60 Å². The number of halogens is 1. The molecule has 0 spiro atoms. The van der Waals surface area contributed by atoms with Crippen LogP contribution in [0.2, 0.25) is 5.02 Å². The molecule has 2 nitrogen and oxygen atoms in total. The lowest BCUT2D eigenvalue weighted by molar-refractivity contribution is -0.0195. The molecule has 3 heteroatoms. The van der Waals surface area contributed by atoms with Crippen molar-refractivity contribution in [1.82, 2.24) is 0 Å². The maximum Gasteiger partial charge on any atom is 0.125 e. The second-order valence-corrected chi connectivity index (χ2v) is 5.51. The summed E-state index contributed by atoms with van der Waals surface area (Å²) >= 11 is 6.02. The molecule has 1 aromatic carbocycles. The van der Waals surface area contributed by atoms with Crippen LogP contribution in [0.5, 0.6) is 5.75 Å². The Hall–Kier alpha value is -0.730. The summed E-state index contributed by atoms with van der Waals surface area (Å²) in [5.74, 6) is 1.27. The molecule has 0 aromatic heterocycles. The predicted molar refractivity (Wildman–Crippen MR) is 69.5 cm³/mol.